The number of hydrogen-bond donors (Lipinski definition) is 1. The molecule has 0 aromatic heterocycles. The Kier molecular flexibility index (Phi) is 5.30. The molecule has 4 nitrogen and oxygen atoms in total. The van der Waals surface area contributed by atoms with Gasteiger partial charge in [0.15, 0.2) is 5.11 Å². The van der Waals surface area contributed by atoms with Crippen LogP contribution < -0.4 is 5.32 Å². The Labute approximate surface area is 161 Å². The number of carbonyl (C=O) groups excluding carboxylic acids is 2. The molecule has 0 unspecified atom stereocenters. The number of carbonyl (C=O) groups is 2. The first kappa shape index (κ1) is 18.0. The van der Waals surface area contributed by atoms with Crippen LogP contribution in [0, 0.1) is 0 Å². The van der Waals surface area contributed by atoms with Gasteiger partial charge in [0.25, 0.3) is 11.8 Å². The van der Waals surface area contributed by atoms with Crippen LogP contribution in [-0.2, 0) is 9.59 Å². The number of amides is 2. The van der Waals surface area contributed by atoms with Gasteiger partial charge < -0.3 is 0 Å². The zero-order chi connectivity index (χ0) is 18.7. The number of hydrogen-bond acceptors (Lipinski definition) is 3. The molecule has 0 spiro atoms. The third-order valence-corrected chi connectivity index (χ3v) is 4.45. The molecule has 1 aliphatic rings. The Morgan fingerprint density at radius 3 is 2.65 bits per heavy atom. The van der Waals surface area contributed by atoms with Gasteiger partial charge in [-0.3, -0.25) is 19.8 Å². The van der Waals surface area contributed by atoms with Gasteiger partial charge in [0.1, 0.15) is 5.57 Å². The van der Waals surface area contributed by atoms with Crippen LogP contribution in [0.25, 0.3) is 17.2 Å². The molecule has 3 rings (SSSR count). The summed E-state index contributed by atoms with van der Waals surface area (Å²) in [6.07, 6.45) is 3.13. The van der Waals surface area contributed by atoms with Crippen molar-refractivity contribution in [2.24, 2.45) is 0 Å². The molecule has 0 bridgehead atoms. The van der Waals surface area contributed by atoms with E-state index < -0.39 is 11.8 Å². The predicted octanol–water partition coefficient (Wildman–Crippen LogP) is 3.82. The molecule has 2 amide bonds. The lowest BCUT2D eigenvalue weighted by atomic mass is 9.97. The lowest BCUT2D eigenvalue weighted by molar-refractivity contribution is -0.128. The van der Waals surface area contributed by atoms with Crippen LogP contribution >= 0.6 is 23.8 Å². The first-order valence-electron chi connectivity index (χ1n) is 7.86. The summed E-state index contributed by atoms with van der Waals surface area (Å²) >= 11 is 11.2. The number of benzene rings is 2. The molecule has 1 heterocycles. The molecule has 2 aromatic rings. The van der Waals surface area contributed by atoms with E-state index in [1.165, 1.54) is 4.90 Å². The maximum atomic E-state index is 12.7. The van der Waals surface area contributed by atoms with Crippen LogP contribution in [0.2, 0.25) is 5.02 Å². The number of thiocarbonyl (C=S) groups is 1. The number of nitrogens with zero attached hydrogens (tertiary/aromatic N) is 1. The van der Waals surface area contributed by atoms with Gasteiger partial charge in [0, 0.05) is 11.6 Å². The van der Waals surface area contributed by atoms with Crippen molar-refractivity contribution < 1.29 is 9.59 Å². The molecule has 0 saturated carbocycles. The minimum absolute atomic E-state index is 0.0231. The Hall–Kier alpha value is -2.76. The number of halogens is 1. The number of rotatable bonds is 4. The van der Waals surface area contributed by atoms with Gasteiger partial charge in [-0.1, -0.05) is 54.1 Å². The second-order valence-corrected chi connectivity index (χ2v) is 6.44. The fourth-order valence-electron chi connectivity index (χ4n) is 2.69. The summed E-state index contributed by atoms with van der Waals surface area (Å²) in [5.74, 6) is -0.958. The van der Waals surface area contributed by atoms with E-state index in [0.29, 0.717) is 5.02 Å². The Morgan fingerprint density at radius 1 is 1.15 bits per heavy atom. The van der Waals surface area contributed by atoms with E-state index in [2.05, 4.69) is 11.9 Å². The van der Waals surface area contributed by atoms with Crippen molar-refractivity contribution >= 4 is 46.8 Å². The van der Waals surface area contributed by atoms with E-state index in [9.17, 15) is 9.59 Å². The lowest BCUT2D eigenvalue weighted by Crippen LogP contribution is -2.53. The quantitative estimate of drug-likeness (QED) is 0.378. The molecule has 26 heavy (non-hydrogen) atoms. The molecular weight excluding hydrogens is 368 g/mol. The van der Waals surface area contributed by atoms with Crippen molar-refractivity contribution in [3.8, 4) is 11.1 Å². The Balaban J connectivity index is 2.07. The summed E-state index contributed by atoms with van der Waals surface area (Å²) in [7, 11) is 0. The summed E-state index contributed by atoms with van der Waals surface area (Å²) < 4.78 is 0. The van der Waals surface area contributed by atoms with Crippen LogP contribution in [0.4, 0.5) is 0 Å². The zero-order valence-electron chi connectivity index (χ0n) is 13.7. The second kappa shape index (κ2) is 7.64. The van der Waals surface area contributed by atoms with Crippen LogP contribution in [0.15, 0.2) is 66.8 Å². The van der Waals surface area contributed by atoms with Gasteiger partial charge >= 0.3 is 0 Å². The SMILES string of the molecule is C=CCN1C(=O)/C(=C/c2ccccc2-c2cccc(Cl)c2)C(=O)NC1=S. The van der Waals surface area contributed by atoms with Crippen molar-refractivity contribution in [1.82, 2.24) is 10.2 Å². The Bertz CT molecular complexity index is 952. The van der Waals surface area contributed by atoms with E-state index in [1.54, 1.807) is 18.2 Å². The van der Waals surface area contributed by atoms with Crippen molar-refractivity contribution in [2.75, 3.05) is 6.54 Å². The molecule has 2 aromatic carbocycles. The van der Waals surface area contributed by atoms with Crippen molar-refractivity contribution in [3.63, 3.8) is 0 Å². The molecule has 0 aliphatic carbocycles. The normalized spacial score (nSPS) is 16.0. The van der Waals surface area contributed by atoms with Crippen LogP contribution in [0.5, 0.6) is 0 Å². The molecule has 1 fully saturated rings. The molecule has 1 aliphatic heterocycles. The largest absolute Gasteiger partial charge is 0.298 e. The molecule has 1 N–H and O–H groups in total. The average molecular weight is 383 g/mol. The molecule has 0 radical (unpaired) electrons. The summed E-state index contributed by atoms with van der Waals surface area (Å²) in [4.78, 5) is 26.3. The van der Waals surface area contributed by atoms with Gasteiger partial charge in [-0.2, -0.15) is 0 Å². The van der Waals surface area contributed by atoms with Crippen molar-refractivity contribution in [2.45, 2.75) is 0 Å². The fourth-order valence-corrected chi connectivity index (χ4v) is 3.13. The summed E-state index contributed by atoms with van der Waals surface area (Å²) in [6, 6.07) is 14.9. The van der Waals surface area contributed by atoms with E-state index in [4.69, 9.17) is 23.8 Å². The second-order valence-electron chi connectivity index (χ2n) is 5.62. The minimum atomic E-state index is -0.513. The highest BCUT2D eigenvalue weighted by Crippen LogP contribution is 2.28. The minimum Gasteiger partial charge on any atom is -0.298 e. The van der Waals surface area contributed by atoms with Crippen LogP contribution in [0.3, 0.4) is 0 Å². The highest BCUT2D eigenvalue weighted by molar-refractivity contribution is 7.80. The van der Waals surface area contributed by atoms with Crippen molar-refractivity contribution in [3.05, 3.63) is 77.3 Å². The van der Waals surface area contributed by atoms with Crippen LogP contribution in [-0.4, -0.2) is 28.4 Å². The maximum absolute atomic E-state index is 12.7. The first-order chi connectivity index (χ1) is 12.5. The third-order valence-electron chi connectivity index (χ3n) is 3.89. The van der Waals surface area contributed by atoms with Crippen LogP contribution in [0.1, 0.15) is 5.56 Å². The monoisotopic (exact) mass is 382 g/mol. The highest BCUT2D eigenvalue weighted by atomic mass is 35.5. The molecule has 130 valence electrons. The van der Waals surface area contributed by atoms with Gasteiger partial charge in [0.2, 0.25) is 0 Å². The predicted molar refractivity (Wildman–Crippen MR) is 108 cm³/mol. The van der Waals surface area contributed by atoms with Crippen molar-refractivity contribution in [1.29, 1.82) is 0 Å². The fraction of sp³-hybridized carbons (Fsp3) is 0.0500. The molecular formula is C20H15ClN2O2S. The zero-order valence-corrected chi connectivity index (χ0v) is 15.3. The van der Waals surface area contributed by atoms with E-state index in [0.717, 1.165) is 16.7 Å². The summed E-state index contributed by atoms with van der Waals surface area (Å²) in [6.45, 7) is 3.84. The molecule has 0 atom stereocenters. The van der Waals surface area contributed by atoms with Gasteiger partial charge in [-0.15, -0.1) is 6.58 Å². The summed E-state index contributed by atoms with van der Waals surface area (Å²) in [5, 5.41) is 3.24. The van der Waals surface area contributed by atoms with E-state index in [-0.39, 0.29) is 17.2 Å². The third kappa shape index (κ3) is 3.59. The number of nitrogens with one attached hydrogen (secondary N) is 1. The summed E-state index contributed by atoms with van der Waals surface area (Å²) in [5.41, 5.74) is 2.52. The standard InChI is InChI=1S/C20H15ClN2O2S/c1-2-10-23-19(25)17(18(24)22-20(23)26)12-14-6-3-4-9-16(14)13-7-5-8-15(21)11-13/h2-9,11-12H,1,10H2,(H,22,24,26)/b17-12+. The van der Waals surface area contributed by atoms with E-state index in [1.807, 2.05) is 42.5 Å². The van der Waals surface area contributed by atoms with E-state index >= 15 is 0 Å². The maximum Gasteiger partial charge on any atom is 0.265 e. The van der Waals surface area contributed by atoms with Gasteiger partial charge in [-0.05, 0) is 47.1 Å². The molecule has 1 saturated heterocycles. The smallest absolute Gasteiger partial charge is 0.265 e. The average Bonchev–Trinajstić information content (AvgIpc) is 2.62. The first-order valence-corrected chi connectivity index (χ1v) is 8.64. The van der Waals surface area contributed by atoms with Gasteiger partial charge in [-0.25, -0.2) is 0 Å². The topological polar surface area (TPSA) is 49.4 Å². The Morgan fingerprint density at radius 2 is 1.92 bits per heavy atom. The highest BCUT2D eigenvalue weighted by Gasteiger charge is 2.32. The lowest BCUT2D eigenvalue weighted by Gasteiger charge is -2.27. The molecule has 6 heteroatoms. The van der Waals surface area contributed by atoms with Gasteiger partial charge in [0.05, 0.1) is 0 Å².